The van der Waals surface area contributed by atoms with E-state index in [4.69, 9.17) is 0 Å². The highest BCUT2D eigenvalue weighted by Crippen LogP contribution is 2.08. The van der Waals surface area contributed by atoms with Crippen LogP contribution in [0, 0.1) is 0 Å². The molecule has 4 nitrogen and oxygen atoms in total. The Morgan fingerprint density at radius 3 is 2.94 bits per heavy atom. The maximum absolute atomic E-state index is 4.56. The molecule has 1 N–H and O–H groups in total. The van der Waals surface area contributed by atoms with Crippen molar-refractivity contribution in [1.29, 1.82) is 0 Å². The zero-order valence-electron chi connectivity index (χ0n) is 9.26. The van der Waals surface area contributed by atoms with E-state index in [1.54, 1.807) is 0 Å². The highest BCUT2D eigenvalue weighted by atomic mass is 15.2. The van der Waals surface area contributed by atoms with Crippen LogP contribution in [-0.2, 0) is 6.54 Å². The minimum Gasteiger partial charge on any atom is -0.314 e. The van der Waals surface area contributed by atoms with Crippen LogP contribution in [0.15, 0.2) is 30.5 Å². The molecular weight excluding hydrogens is 200 g/mol. The van der Waals surface area contributed by atoms with Crippen LogP contribution in [0.4, 0.5) is 0 Å². The first-order chi connectivity index (χ1) is 7.92. The lowest BCUT2D eigenvalue weighted by Gasteiger charge is -2.26. The van der Waals surface area contributed by atoms with E-state index in [9.17, 15) is 0 Å². The fraction of sp³-hybridized carbons (Fsp3) is 0.417. The molecule has 0 saturated carbocycles. The fourth-order valence-electron chi connectivity index (χ4n) is 2.17. The highest BCUT2D eigenvalue weighted by Gasteiger charge is 2.11. The molecule has 0 radical (unpaired) electrons. The Morgan fingerprint density at radius 1 is 1.25 bits per heavy atom. The van der Waals surface area contributed by atoms with E-state index in [1.807, 2.05) is 22.8 Å². The van der Waals surface area contributed by atoms with Gasteiger partial charge in [-0.25, -0.2) is 4.52 Å². The molecule has 1 aliphatic rings. The Balaban J connectivity index is 1.78. The quantitative estimate of drug-likeness (QED) is 0.803. The molecule has 16 heavy (non-hydrogen) atoms. The molecule has 0 aliphatic carbocycles. The number of nitrogens with one attached hydrogen (secondary N) is 1. The maximum atomic E-state index is 4.56. The standard InChI is InChI=1S/C12H16N4/c1-2-6-16-12(3-1)9-11(14-16)10-15-7-4-13-5-8-15/h1-3,6,9,13H,4-5,7-8,10H2. The van der Waals surface area contributed by atoms with E-state index in [-0.39, 0.29) is 0 Å². The van der Waals surface area contributed by atoms with Crippen molar-refractivity contribution >= 4 is 5.52 Å². The van der Waals surface area contributed by atoms with E-state index in [1.165, 1.54) is 5.52 Å². The second kappa shape index (κ2) is 4.23. The van der Waals surface area contributed by atoms with Gasteiger partial charge in [-0.1, -0.05) is 6.07 Å². The van der Waals surface area contributed by atoms with Crippen molar-refractivity contribution in [3.05, 3.63) is 36.2 Å². The normalized spacial score (nSPS) is 18.0. The number of hydrogen-bond acceptors (Lipinski definition) is 3. The summed E-state index contributed by atoms with van der Waals surface area (Å²) in [5.41, 5.74) is 2.33. The summed E-state index contributed by atoms with van der Waals surface area (Å²) in [7, 11) is 0. The monoisotopic (exact) mass is 216 g/mol. The van der Waals surface area contributed by atoms with Crippen molar-refractivity contribution in [3.8, 4) is 0 Å². The Bertz CT molecular complexity index is 438. The first-order valence-corrected chi connectivity index (χ1v) is 5.78. The Morgan fingerprint density at radius 2 is 2.12 bits per heavy atom. The third-order valence-corrected chi connectivity index (χ3v) is 3.02. The summed E-state index contributed by atoms with van der Waals surface area (Å²) < 4.78 is 1.94. The summed E-state index contributed by atoms with van der Waals surface area (Å²) in [4.78, 5) is 2.44. The smallest absolute Gasteiger partial charge is 0.0775 e. The summed E-state index contributed by atoms with van der Waals surface area (Å²) in [5, 5.41) is 7.92. The summed E-state index contributed by atoms with van der Waals surface area (Å²) >= 11 is 0. The van der Waals surface area contributed by atoms with Crippen LogP contribution >= 0.6 is 0 Å². The van der Waals surface area contributed by atoms with Crippen LogP contribution in [0.25, 0.3) is 5.52 Å². The van der Waals surface area contributed by atoms with Crippen molar-refractivity contribution in [1.82, 2.24) is 19.8 Å². The van der Waals surface area contributed by atoms with Gasteiger partial charge < -0.3 is 5.32 Å². The third kappa shape index (κ3) is 1.94. The van der Waals surface area contributed by atoms with E-state index in [0.717, 1.165) is 38.4 Å². The number of fused-ring (bicyclic) bond motifs is 1. The van der Waals surface area contributed by atoms with E-state index in [0.29, 0.717) is 0 Å². The van der Waals surface area contributed by atoms with Crippen LogP contribution in [0.2, 0.25) is 0 Å². The van der Waals surface area contributed by atoms with Crippen LogP contribution in [-0.4, -0.2) is 40.7 Å². The molecule has 1 aliphatic heterocycles. The van der Waals surface area contributed by atoms with Crippen LogP contribution in [0.1, 0.15) is 5.69 Å². The van der Waals surface area contributed by atoms with Crippen molar-refractivity contribution in [3.63, 3.8) is 0 Å². The lowest BCUT2D eigenvalue weighted by atomic mass is 10.3. The van der Waals surface area contributed by atoms with Gasteiger partial charge in [-0.2, -0.15) is 5.10 Å². The van der Waals surface area contributed by atoms with Gasteiger partial charge >= 0.3 is 0 Å². The Labute approximate surface area is 94.9 Å². The average molecular weight is 216 g/mol. The molecule has 3 heterocycles. The molecule has 0 unspecified atom stereocenters. The minimum atomic E-state index is 0.962. The second-order valence-corrected chi connectivity index (χ2v) is 4.23. The van der Waals surface area contributed by atoms with Crippen molar-refractivity contribution in [2.24, 2.45) is 0 Å². The van der Waals surface area contributed by atoms with E-state index in [2.05, 4.69) is 27.4 Å². The minimum absolute atomic E-state index is 0.962. The van der Waals surface area contributed by atoms with Gasteiger partial charge in [0.05, 0.1) is 11.2 Å². The van der Waals surface area contributed by atoms with Gasteiger partial charge in [0.25, 0.3) is 0 Å². The van der Waals surface area contributed by atoms with Crippen LogP contribution in [0.3, 0.4) is 0 Å². The molecule has 3 rings (SSSR count). The topological polar surface area (TPSA) is 32.6 Å². The molecule has 2 aromatic rings. The van der Waals surface area contributed by atoms with Gasteiger partial charge in [0, 0.05) is 38.9 Å². The molecule has 2 aromatic heterocycles. The van der Waals surface area contributed by atoms with Gasteiger partial charge in [0.2, 0.25) is 0 Å². The molecule has 1 fully saturated rings. The first kappa shape index (κ1) is 9.81. The maximum Gasteiger partial charge on any atom is 0.0775 e. The largest absolute Gasteiger partial charge is 0.314 e. The molecule has 4 heteroatoms. The Hall–Kier alpha value is -1.39. The third-order valence-electron chi connectivity index (χ3n) is 3.02. The lowest BCUT2D eigenvalue weighted by molar-refractivity contribution is 0.230. The molecule has 84 valence electrons. The molecule has 0 aromatic carbocycles. The zero-order chi connectivity index (χ0) is 10.8. The summed E-state index contributed by atoms with van der Waals surface area (Å²) in [6.07, 6.45) is 2.00. The molecule has 0 bridgehead atoms. The van der Waals surface area contributed by atoms with E-state index >= 15 is 0 Å². The number of nitrogens with zero attached hydrogens (tertiary/aromatic N) is 3. The molecular formula is C12H16N4. The van der Waals surface area contributed by atoms with Gasteiger partial charge in [-0.15, -0.1) is 0 Å². The number of pyridine rings is 1. The van der Waals surface area contributed by atoms with Crippen molar-refractivity contribution < 1.29 is 0 Å². The number of aromatic nitrogens is 2. The SMILES string of the molecule is c1ccn2nc(CN3CCNCC3)cc2c1. The molecule has 0 spiro atoms. The van der Waals surface area contributed by atoms with Crippen LogP contribution in [0.5, 0.6) is 0 Å². The summed E-state index contributed by atoms with van der Waals surface area (Å²) in [5.74, 6) is 0. The van der Waals surface area contributed by atoms with E-state index < -0.39 is 0 Å². The van der Waals surface area contributed by atoms with Gasteiger partial charge in [0.15, 0.2) is 0 Å². The Kier molecular flexibility index (Phi) is 2.60. The molecule has 0 atom stereocenters. The predicted octanol–water partition coefficient (Wildman–Crippen LogP) is 0.739. The number of rotatable bonds is 2. The van der Waals surface area contributed by atoms with Gasteiger partial charge in [0.1, 0.15) is 0 Å². The second-order valence-electron chi connectivity index (χ2n) is 4.23. The van der Waals surface area contributed by atoms with Crippen molar-refractivity contribution in [2.75, 3.05) is 26.2 Å². The first-order valence-electron chi connectivity index (χ1n) is 5.78. The van der Waals surface area contributed by atoms with Gasteiger partial charge in [-0.3, -0.25) is 4.90 Å². The predicted molar refractivity (Wildman–Crippen MR) is 63.3 cm³/mol. The highest BCUT2D eigenvalue weighted by molar-refractivity contribution is 5.46. The van der Waals surface area contributed by atoms with Gasteiger partial charge in [-0.05, 0) is 18.2 Å². The lowest BCUT2D eigenvalue weighted by Crippen LogP contribution is -2.42. The summed E-state index contributed by atoms with van der Waals surface area (Å²) in [6.45, 7) is 5.38. The fourth-order valence-corrected chi connectivity index (χ4v) is 2.17. The number of piperazine rings is 1. The van der Waals surface area contributed by atoms with Crippen LogP contribution < -0.4 is 5.32 Å². The average Bonchev–Trinajstić information content (AvgIpc) is 2.72. The summed E-state index contributed by atoms with van der Waals surface area (Å²) in [6, 6.07) is 8.32. The molecule has 1 saturated heterocycles. The van der Waals surface area contributed by atoms with Crippen molar-refractivity contribution in [2.45, 2.75) is 6.54 Å². The molecule has 0 amide bonds. The zero-order valence-corrected chi connectivity index (χ0v) is 9.26. The number of hydrogen-bond donors (Lipinski definition) is 1.